The van der Waals surface area contributed by atoms with Crippen LogP contribution < -0.4 is 5.32 Å². The molecule has 0 saturated carbocycles. The molecule has 0 spiro atoms. The van der Waals surface area contributed by atoms with Gasteiger partial charge in [0, 0.05) is 6.07 Å². The number of nitrogens with zero attached hydrogens (tertiary/aromatic N) is 1. The fourth-order valence-electron chi connectivity index (χ4n) is 1.75. The number of amides is 1. The molecule has 0 aliphatic carbocycles. The molecule has 108 valence electrons. The molecule has 2 rings (SSSR count). The van der Waals surface area contributed by atoms with Crippen molar-refractivity contribution in [3.05, 3.63) is 67.1 Å². The van der Waals surface area contributed by atoms with Gasteiger partial charge in [-0.2, -0.15) is 0 Å². The molecule has 21 heavy (non-hydrogen) atoms. The molecule has 0 aromatic heterocycles. The lowest BCUT2D eigenvalue weighted by atomic mass is 10.1. The number of carbonyl (C=O) groups excluding carboxylic acids is 1. The highest BCUT2D eigenvalue weighted by atomic mass is 79.9. The van der Waals surface area contributed by atoms with Gasteiger partial charge in [-0.25, -0.2) is 0 Å². The first-order valence-corrected chi connectivity index (χ1v) is 7.07. The maximum absolute atomic E-state index is 12.2. The second kappa shape index (κ2) is 6.24. The monoisotopic (exact) mass is 368 g/mol. The summed E-state index contributed by atoms with van der Waals surface area (Å²) in [7, 11) is 0. The van der Waals surface area contributed by atoms with Gasteiger partial charge in [0.1, 0.15) is 4.47 Å². The molecule has 1 N–H and O–H groups in total. The molecule has 0 radical (unpaired) electrons. The Morgan fingerprint density at radius 3 is 2.67 bits per heavy atom. The summed E-state index contributed by atoms with van der Waals surface area (Å²) in [4.78, 5) is 22.5. The number of carbonyl (C=O) groups is 1. The quantitative estimate of drug-likeness (QED) is 0.636. The summed E-state index contributed by atoms with van der Waals surface area (Å²) in [6.07, 6.45) is 0. The lowest BCUT2D eigenvalue weighted by molar-refractivity contribution is -0.385. The minimum absolute atomic E-state index is 0.135. The van der Waals surface area contributed by atoms with E-state index >= 15 is 0 Å². The standard InChI is InChI=1S/C14H10BrClN2O3/c1-8-5-6-11(10(16)7-8)17-14(19)9-3-2-4-12(13(9)15)18(20)21/h2-7H,1H3,(H,17,19). The SMILES string of the molecule is Cc1ccc(NC(=O)c2cccc([N+](=O)[O-])c2Br)c(Cl)c1. The summed E-state index contributed by atoms with van der Waals surface area (Å²) < 4.78 is 0.135. The molecule has 7 heteroatoms. The summed E-state index contributed by atoms with van der Waals surface area (Å²) >= 11 is 9.14. The van der Waals surface area contributed by atoms with Crippen LogP contribution in [0.15, 0.2) is 40.9 Å². The van der Waals surface area contributed by atoms with Crippen molar-refractivity contribution in [1.29, 1.82) is 0 Å². The molecule has 0 aliphatic rings. The van der Waals surface area contributed by atoms with Crippen molar-refractivity contribution < 1.29 is 9.72 Å². The van der Waals surface area contributed by atoms with E-state index in [0.29, 0.717) is 10.7 Å². The third kappa shape index (κ3) is 3.40. The molecule has 0 fully saturated rings. The van der Waals surface area contributed by atoms with Crippen LogP contribution >= 0.6 is 27.5 Å². The van der Waals surface area contributed by atoms with Gasteiger partial charge in [-0.1, -0.05) is 23.7 Å². The zero-order valence-electron chi connectivity index (χ0n) is 10.9. The summed E-state index contributed by atoms with van der Waals surface area (Å²) in [5.41, 5.74) is 1.42. The smallest absolute Gasteiger partial charge is 0.284 e. The Morgan fingerprint density at radius 1 is 1.33 bits per heavy atom. The molecule has 5 nitrogen and oxygen atoms in total. The van der Waals surface area contributed by atoms with Crippen molar-refractivity contribution in [3.8, 4) is 0 Å². The number of hydrogen-bond donors (Lipinski definition) is 1. The Labute approximate surface area is 134 Å². The van der Waals surface area contributed by atoms with E-state index in [2.05, 4.69) is 21.2 Å². The minimum Gasteiger partial charge on any atom is -0.321 e. The molecular formula is C14H10BrClN2O3. The molecule has 0 atom stereocenters. The van der Waals surface area contributed by atoms with E-state index < -0.39 is 10.8 Å². The van der Waals surface area contributed by atoms with Gasteiger partial charge in [-0.15, -0.1) is 0 Å². The van der Waals surface area contributed by atoms with Crippen LogP contribution in [0, 0.1) is 17.0 Å². The van der Waals surface area contributed by atoms with Gasteiger partial charge < -0.3 is 5.32 Å². The van der Waals surface area contributed by atoms with Crippen molar-refractivity contribution in [2.45, 2.75) is 6.92 Å². The molecule has 0 saturated heterocycles. The number of anilines is 1. The summed E-state index contributed by atoms with van der Waals surface area (Å²) in [5, 5.41) is 13.9. The maximum Gasteiger partial charge on any atom is 0.284 e. The van der Waals surface area contributed by atoms with Crippen LogP contribution in [0.3, 0.4) is 0 Å². The van der Waals surface area contributed by atoms with Crippen molar-refractivity contribution >= 4 is 44.8 Å². The first kappa shape index (κ1) is 15.5. The van der Waals surface area contributed by atoms with E-state index in [1.165, 1.54) is 18.2 Å². The number of rotatable bonds is 3. The lowest BCUT2D eigenvalue weighted by Crippen LogP contribution is -2.13. The first-order valence-electron chi connectivity index (χ1n) is 5.90. The van der Waals surface area contributed by atoms with E-state index in [0.717, 1.165) is 5.56 Å². The van der Waals surface area contributed by atoms with Crippen molar-refractivity contribution in [2.75, 3.05) is 5.32 Å². The molecule has 2 aromatic carbocycles. The highest BCUT2D eigenvalue weighted by molar-refractivity contribution is 9.10. The molecule has 0 aliphatic heterocycles. The van der Waals surface area contributed by atoms with E-state index in [1.54, 1.807) is 12.1 Å². The van der Waals surface area contributed by atoms with Crippen LogP contribution in [-0.4, -0.2) is 10.8 Å². The highest BCUT2D eigenvalue weighted by Gasteiger charge is 2.19. The van der Waals surface area contributed by atoms with E-state index in [1.807, 2.05) is 13.0 Å². The highest BCUT2D eigenvalue weighted by Crippen LogP contribution is 2.30. The fraction of sp³-hybridized carbons (Fsp3) is 0.0714. The first-order chi connectivity index (χ1) is 9.90. The van der Waals surface area contributed by atoms with Crippen LogP contribution in [0.25, 0.3) is 0 Å². The average molecular weight is 370 g/mol. The van der Waals surface area contributed by atoms with Gasteiger partial charge in [-0.05, 0) is 46.6 Å². The predicted octanol–water partition coefficient (Wildman–Crippen LogP) is 4.57. The lowest BCUT2D eigenvalue weighted by Gasteiger charge is -2.09. The largest absolute Gasteiger partial charge is 0.321 e. The topological polar surface area (TPSA) is 72.2 Å². The zero-order chi connectivity index (χ0) is 15.6. The zero-order valence-corrected chi connectivity index (χ0v) is 13.2. The van der Waals surface area contributed by atoms with Gasteiger partial charge in [0.05, 0.1) is 21.2 Å². The summed E-state index contributed by atoms with van der Waals surface area (Å²) in [5.74, 6) is -0.476. The van der Waals surface area contributed by atoms with Crippen molar-refractivity contribution in [2.24, 2.45) is 0 Å². The number of halogens is 2. The summed E-state index contributed by atoms with van der Waals surface area (Å²) in [6.45, 7) is 1.88. The van der Waals surface area contributed by atoms with Crippen LogP contribution in [0.1, 0.15) is 15.9 Å². The number of nitro groups is 1. The third-order valence-corrected chi connectivity index (χ3v) is 3.94. The van der Waals surface area contributed by atoms with Crippen LogP contribution in [-0.2, 0) is 0 Å². The summed E-state index contributed by atoms with van der Waals surface area (Å²) in [6, 6.07) is 9.48. The predicted molar refractivity (Wildman–Crippen MR) is 84.9 cm³/mol. The molecule has 0 heterocycles. The van der Waals surface area contributed by atoms with Crippen molar-refractivity contribution in [1.82, 2.24) is 0 Å². The number of benzene rings is 2. The second-order valence-corrected chi connectivity index (χ2v) is 5.53. The van der Waals surface area contributed by atoms with E-state index in [-0.39, 0.29) is 15.7 Å². The third-order valence-electron chi connectivity index (χ3n) is 2.79. The Hall–Kier alpha value is -1.92. The van der Waals surface area contributed by atoms with Gasteiger partial charge in [0.25, 0.3) is 11.6 Å². The molecule has 1 amide bonds. The van der Waals surface area contributed by atoms with Gasteiger partial charge in [0.2, 0.25) is 0 Å². The second-order valence-electron chi connectivity index (χ2n) is 4.33. The van der Waals surface area contributed by atoms with E-state index in [4.69, 9.17) is 11.6 Å². The van der Waals surface area contributed by atoms with Gasteiger partial charge in [-0.3, -0.25) is 14.9 Å². The average Bonchev–Trinajstić information content (AvgIpc) is 2.41. The maximum atomic E-state index is 12.2. The molecule has 2 aromatic rings. The fourth-order valence-corrected chi connectivity index (χ4v) is 2.62. The number of nitrogens with one attached hydrogen (secondary N) is 1. The minimum atomic E-state index is -0.556. The Morgan fingerprint density at radius 2 is 2.05 bits per heavy atom. The Kier molecular flexibility index (Phi) is 4.59. The molecule has 0 bridgehead atoms. The Bertz CT molecular complexity index is 734. The normalized spacial score (nSPS) is 10.2. The molecular weight excluding hydrogens is 360 g/mol. The van der Waals surface area contributed by atoms with E-state index in [9.17, 15) is 14.9 Å². The number of nitro benzene ring substituents is 1. The number of hydrogen-bond acceptors (Lipinski definition) is 3. The van der Waals surface area contributed by atoms with Crippen LogP contribution in [0.5, 0.6) is 0 Å². The Balaban J connectivity index is 2.33. The molecule has 0 unspecified atom stereocenters. The van der Waals surface area contributed by atoms with Crippen LogP contribution in [0.2, 0.25) is 5.02 Å². The van der Waals surface area contributed by atoms with Gasteiger partial charge in [0.15, 0.2) is 0 Å². The van der Waals surface area contributed by atoms with Gasteiger partial charge >= 0.3 is 0 Å². The number of aryl methyl sites for hydroxylation is 1. The van der Waals surface area contributed by atoms with Crippen LogP contribution in [0.4, 0.5) is 11.4 Å². The van der Waals surface area contributed by atoms with Crippen molar-refractivity contribution in [3.63, 3.8) is 0 Å².